The average molecular weight is 366 g/mol. The fourth-order valence-corrected chi connectivity index (χ4v) is 4.49. The van der Waals surface area contributed by atoms with Gasteiger partial charge >= 0.3 is 0 Å². The highest BCUT2D eigenvalue weighted by atomic mass is 32.1. The molecule has 0 amide bonds. The van der Waals surface area contributed by atoms with Gasteiger partial charge in [0.2, 0.25) is 0 Å². The maximum atomic E-state index is 5.83. The van der Waals surface area contributed by atoms with Crippen molar-refractivity contribution in [3.05, 3.63) is 71.3 Å². The van der Waals surface area contributed by atoms with Gasteiger partial charge in [0, 0.05) is 32.1 Å². The summed E-state index contributed by atoms with van der Waals surface area (Å²) in [6, 6.07) is 19.6. The van der Waals surface area contributed by atoms with Crippen LogP contribution in [0.5, 0.6) is 0 Å². The first-order chi connectivity index (χ1) is 12.7. The van der Waals surface area contributed by atoms with E-state index in [9.17, 15) is 0 Å². The summed E-state index contributed by atoms with van der Waals surface area (Å²) in [7, 11) is 2.21. The molecule has 0 aromatic heterocycles. The van der Waals surface area contributed by atoms with E-state index in [1.54, 1.807) is 0 Å². The minimum atomic E-state index is 0.166. The summed E-state index contributed by atoms with van der Waals surface area (Å²) in [6.07, 6.45) is 1.09. The van der Waals surface area contributed by atoms with Crippen LogP contribution in [-0.4, -0.2) is 54.6 Å². The van der Waals surface area contributed by atoms with E-state index in [0.29, 0.717) is 5.92 Å². The molecule has 2 aromatic carbocycles. The van der Waals surface area contributed by atoms with Gasteiger partial charge in [-0.25, -0.2) is 0 Å². The first-order valence-electron chi connectivity index (χ1n) is 9.57. The zero-order valence-electron chi connectivity index (χ0n) is 15.4. The Bertz CT molecular complexity index is 753. The smallest absolute Gasteiger partial charge is 0.0837 e. The maximum absolute atomic E-state index is 5.83. The van der Waals surface area contributed by atoms with Gasteiger partial charge < -0.3 is 15.1 Å². The third-order valence-electron chi connectivity index (χ3n) is 5.75. The Balaban J connectivity index is 1.53. The molecule has 0 radical (unpaired) electrons. The van der Waals surface area contributed by atoms with Crippen molar-refractivity contribution in [3.8, 4) is 0 Å². The Morgan fingerprint density at radius 2 is 1.58 bits per heavy atom. The van der Waals surface area contributed by atoms with E-state index >= 15 is 0 Å². The van der Waals surface area contributed by atoms with Crippen molar-refractivity contribution in [2.75, 3.05) is 39.8 Å². The first-order valence-corrected chi connectivity index (χ1v) is 9.98. The van der Waals surface area contributed by atoms with Crippen LogP contribution in [0.1, 0.15) is 35.1 Å². The van der Waals surface area contributed by atoms with Crippen LogP contribution in [0.2, 0.25) is 0 Å². The molecule has 0 bridgehead atoms. The van der Waals surface area contributed by atoms with Crippen LogP contribution < -0.4 is 5.32 Å². The second-order valence-electron chi connectivity index (χ2n) is 7.47. The summed E-state index contributed by atoms with van der Waals surface area (Å²) < 4.78 is 0. The van der Waals surface area contributed by atoms with E-state index in [1.165, 1.54) is 29.8 Å². The van der Waals surface area contributed by atoms with Crippen molar-refractivity contribution in [2.45, 2.75) is 18.4 Å². The quantitative estimate of drug-likeness (QED) is 0.837. The summed E-state index contributed by atoms with van der Waals surface area (Å²) in [5.41, 5.74) is 4.05. The van der Waals surface area contributed by atoms with Gasteiger partial charge in [-0.1, -0.05) is 66.8 Å². The van der Waals surface area contributed by atoms with E-state index in [1.807, 2.05) is 0 Å². The molecule has 2 unspecified atom stereocenters. The number of hydrogen-bond donors (Lipinski definition) is 1. The van der Waals surface area contributed by atoms with Crippen molar-refractivity contribution in [3.63, 3.8) is 0 Å². The number of thiocarbonyl (C=S) groups is 1. The van der Waals surface area contributed by atoms with Crippen molar-refractivity contribution >= 4 is 17.2 Å². The Morgan fingerprint density at radius 3 is 2.31 bits per heavy atom. The van der Waals surface area contributed by atoms with Crippen molar-refractivity contribution < 1.29 is 0 Å². The zero-order chi connectivity index (χ0) is 17.9. The van der Waals surface area contributed by atoms with Crippen molar-refractivity contribution in [1.29, 1.82) is 0 Å². The van der Waals surface area contributed by atoms with Crippen molar-refractivity contribution in [2.24, 2.45) is 0 Å². The van der Waals surface area contributed by atoms with E-state index in [4.69, 9.17) is 12.2 Å². The highest BCUT2D eigenvalue weighted by Crippen LogP contribution is 2.36. The van der Waals surface area contributed by atoms with Gasteiger partial charge in [-0.15, -0.1) is 0 Å². The van der Waals surface area contributed by atoms with Crippen molar-refractivity contribution in [1.82, 2.24) is 15.1 Å². The lowest BCUT2D eigenvalue weighted by Crippen LogP contribution is -2.45. The maximum Gasteiger partial charge on any atom is 0.0837 e. The van der Waals surface area contributed by atoms with Gasteiger partial charge in [0.15, 0.2) is 0 Å². The number of fused-ring (bicyclic) bond motifs is 1. The van der Waals surface area contributed by atoms with Crippen LogP contribution in [0.15, 0.2) is 54.6 Å². The average Bonchev–Trinajstić information content (AvgIpc) is 2.69. The van der Waals surface area contributed by atoms with E-state index in [-0.39, 0.29) is 6.04 Å². The number of likely N-dealkylation sites (N-methyl/N-ethyl adjacent to an activating group) is 1. The predicted molar refractivity (Wildman–Crippen MR) is 112 cm³/mol. The molecule has 3 nitrogen and oxygen atoms in total. The Kier molecular flexibility index (Phi) is 5.34. The summed E-state index contributed by atoms with van der Waals surface area (Å²) in [4.78, 5) is 5.98. The zero-order valence-corrected chi connectivity index (χ0v) is 16.2. The van der Waals surface area contributed by atoms with Gasteiger partial charge in [0.05, 0.1) is 11.0 Å². The molecule has 0 aliphatic carbocycles. The summed E-state index contributed by atoms with van der Waals surface area (Å²) in [5, 5.41) is 3.64. The highest BCUT2D eigenvalue weighted by Gasteiger charge is 2.31. The third kappa shape index (κ3) is 3.68. The molecule has 2 aliphatic rings. The molecular weight excluding hydrogens is 338 g/mol. The monoisotopic (exact) mass is 365 g/mol. The standard InChI is InChI=1S/C22H27N3S/c1-24-13-15-25(16-14-24)12-11-20-18-9-5-6-10-19(18)21(23-22(20)26)17-7-3-2-4-8-17/h2-10,20-21H,11-16H2,1H3,(H,23,26). The fraction of sp³-hybridized carbons (Fsp3) is 0.409. The first kappa shape index (κ1) is 17.7. The molecule has 2 aliphatic heterocycles. The minimum absolute atomic E-state index is 0.166. The summed E-state index contributed by atoms with van der Waals surface area (Å²) in [5.74, 6) is 0.320. The van der Waals surface area contributed by atoms with Crippen LogP contribution in [-0.2, 0) is 0 Å². The van der Waals surface area contributed by atoms with Crippen LogP contribution in [0.4, 0.5) is 0 Å². The predicted octanol–water partition coefficient (Wildman–Crippen LogP) is 3.43. The number of rotatable bonds is 4. The van der Waals surface area contributed by atoms with E-state index < -0.39 is 0 Å². The summed E-state index contributed by atoms with van der Waals surface area (Å²) >= 11 is 5.83. The van der Waals surface area contributed by atoms with Gasteiger partial charge in [-0.3, -0.25) is 0 Å². The largest absolute Gasteiger partial charge is 0.368 e. The molecule has 26 heavy (non-hydrogen) atoms. The molecule has 2 heterocycles. The molecule has 136 valence electrons. The van der Waals surface area contributed by atoms with Crippen LogP contribution in [0, 0.1) is 0 Å². The Morgan fingerprint density at radius 1 is 0.923 bits per heavy atom. The molecular formula is C22H27N3S. The number of piperazine rings is 1. The molecule has 0 spiro atoms. The highest BCUT2D eigenvalue weighted by molar-refractivity contribution is 7.80. The molecule has 1 saturated heterocycles. The van der Waals surface area contributed by atoms with E-state index in [2.05, 4.69) is 76.8 Å². The minimum Gasteiger partial charge on any atom is -0.368 e. The van der Waals surface area contributed by atoms with Gasteiger partial charge in [-0.2, -0.15) is 0 Å². The number of nitrogens with zero attached hydrogens (tertiary/aromatic N) is 2. The third-order valence-corrected chi connectivity index (χ3v) is 6.15. The lowest BCUT2D eigenvalue weighted by atomic mass is 9.82. The topological polar surface area (TPSA) is 18.5 Å². The van der Waals surface area contributed by atoms with Gasteiger partial charge in [-0.05, 0) is 36.7 Å². The number of nitrogens with one attached hydrogen (secondary N) is 1. The van der Waals surface area contributed by atoms with Crippen LogP contribution >= 0.6 is 12.2 Å². The fourth-order valence-electron chi connectivity index (χ4n) is 4.13. The Labute approximate surface area is 162 Å². The molecule has 2 atom stereocenters. The summed E-state index contributed by atoms with van der Waals surface area (Å²) in [6.45, 7) is 5.78. The van der Waals surface area contributed by atoms with Crippen LogP contribution in [0.25, 0.3) is 0 Å². The lowest BCUT2D eigenvalue weighted by molar-refractivity contribution is 0.152. The van der Waals surface area contributed by atoms with Crippen LogP contribution in [0.3, 0.4) is 0 Å². The molecule has 0 saturated carbocycles. The molecule has 1 fully saturated rings. The van der Waals surface area contributed by atoms with Gasteiger partial charge in [0.1, 0.15) is 0 Å². The molecule has 1 N–H and O–H groups in total. The molecule has 4 rings (SSSR count). The molecule has 4 heteroatoms. The normalized spacial score (nSPS) is 24.1. The number of benzene rings is 2. The SMILES string of the molecule is CN1CCN(CCC2C(=S)NC(c3ccccc3)c3ccccc32)CC1. The number of hydrogen-bond acceptors (Lipinski definition) is 3. The lowest BCUT2D eigenvalue weighted by Gasteiger charge is -2.37. The second kappa shape index (κ2) is 7.87. The Hall–Kier alpha value is -1.75. The van der Waals surface area contributed by atoms with E-state index in [0.717, 1.165) is 31.0 Å². The molecule has 2 aromatic rings. The van der Waals surface area contributed by atoms with Gasteiger partial charge in [0.25, 0.3) is 0 Å². The second-order valence-corrected chi connectivity index (χ2v) is 7.91.